The van der Waals surface area contributed by atoms with Crippen LogP contribution in [0.1, 0.15) is 43.2 Å². The van der Waals surface area contributed by atoms with E-state index in [-0.39, 0.29) is 0 Å². The third kappa shape index (κ3) is 3.34. The molecule has 1 aromatic rings. The molecule has 0 bridgehead atoms. The first kappa shape index (κ1) is 13.1. The number of aryl methyl sites for hydroxylation is 1. The van der Waals surface area contributed by atoms with Gasteiger partial charge in [0.15, 0.2) is 0 Å². The normalized spacial score (nSPS) is 17.6. The van der Waals surface area contributed by atoms with Crippen LogP contribution in [0.2, 0.25) is 0 Å². The maximum absolute atomic E-state index is 8.60. The van der Waals surface area contributed by atoms with Crippen molar-refractivity contribution < 1.29 is 0 Å². The highest BCUT2D eigenvalue weighted by Crippen LogP contribution is 2.28. The molecule has 0 radical (unpaired) electrons. The molecule has 1 fully saturated rings. The fraction of sp³-hybridized carbons (Fsp3) is 0.562. The van der Waals surface area contributed by atoms with Crippen LogP contribution in [-0.2, 0) is 6.42 Å². The zero-order valence-corrected chi connectivity index (χ0v) is 11.2. The van der Waals surface area contributed by atoms with Crippen molar-refractivity contribution in [2.45, 2.75) is 38.5 Å². The van der Waals surface area contributed by atoms with E-state index >= 15 is 0 Å². The van der Waals surface area contributed by atoms with Crippen LogP contribution in [0.15, 0.2) is 24.3 Å². The summed E-state index contributed by atoms with van der Waals surface area (Å²) in [5.41, 5.74) is 2.91. The van der Waals surface area contributed by atoms with Gasteiger partial charge in [0.2, 0.25) is 0 Å². The molecule has 0 aliphatic carbocycles. The lowest BCUT2D eigenvalue weighted by Crippen LogP contribution is -2.33. The first-order chi connectivity index (χ1) is 8.83. The molecule has 2 heteroatoms. The second kappa shape index (κ2) is 6.56. The zero-order valence-electron chi connectivity index (χ0n) is 11.2. The van der Waals surface area contributed by atoms with Crippen molar-refractivity contribution in [1.82, 2.24) is 4.90 Å². The summed E-state index contributed by atoms with van der Waals surface area (Å²) >= 11 is 0. The number of piperidine rings is 1. The summed E-state index contributed by atoms with van der Waals surface area (Å²) in [6.45, 7) is 5.42. The van der Waals surface area contributed by atoms with Gasteiger partial charge < -0.3 is 4.90 Å². The molecule has 0 aromatic heterocycles. The number of hydrogen-bond donors (Lipinski definition) is 0. The topological polar surface area (TPSA) is 27.0 Å². The molecular weight excluding hydrogens is 220 g/mol. The molecule has 0 atom stereocenters. The van der Waals surface area contributed by atoms with Gasteiger partial charge >= 0.3 is 0 Å². The number of rotatable bonds is 4. The van der Waals surface area contributed by atoms with E-state index in [4.69, 9.17) is 5.26 Å². The van der Waals surface area contributed by atoms with Crippen LogP contribution in [-0.4, -0.2) is 24.5 Å². The third-order valence-corrected chi connectivity index (χ3v) is 3.99. The van der Waals surface area contributed by atoms with Gasteiger partial charge in [-0.1, -0.05) is 31.2 Å². The summed E-state index contributed by atoms with van der Waals surface area (Å²) in [5.74, 6) is 0.717. The molecule has 96 valence electrons. The van der Waals surface area contributed by atoms with Gasteiger partial charge in [-0.3, -0.25) is 0 Å². The molecule has 1 aliphatic heterocycles. The van der Waals surface area contributed by atoms with Crippen LogP contribution in [0.5, 0.6) is 0 Å². The van der Waals surface area contributed by atoms with Crippen LogP contribution < -0.4 is 0 Å². The second-order valence-electron chi connectivity index (χ2n) is 5.12. The van der Waals surface area contributed by atoms with Gasteiger partial charge in [0.25, 0.3) is 0 Å². The third-order valence-electron chi connectivity index (χ3n) is 3.99. The van der Waals surface area contributed by atoms with Gasteiger partial charge in [-0.25, -0.2) is 0 Å². The highest BCUT2D eigenvalue weighted by Gasteiger charge is 2.19. The maximum Gasteiger partial charge on any atom is 0.0635 e. The molecule has 2 rings (SSSR count). The van der Waals surface area contributed by atoms with Gasteiger partial charge in [-0.15, -0.1) is 0 Å². The van der Waals surface area contributed by atoms with Crippen molar-refractivity contribution in [3.63, 3.8) is 0 Å². The quantitative estimate of drug-likeness (QED) is 0.809. The molecule has 0 N–H and O–H groups in total. The second-order valence-corrected chi connectivity index (χ2v) is 5.12. The Hall–Kier alpha value is -1.33. The Morgan fingerprint density at radius 3 is 2.44 bits per heavy atom. The standard InChI is InChI=1S/C16H22N2/c1-2-14-4-6-15(7-5-14)16-8-12-18(13-9-16)11-3-10-17/h4-7,16H,2-3,8-9,11-13H2,1H3. The van der Waals surface area contributed by atoms with Crippen molar-refractivity contribution >= 4 is 0 Å². The van der Waals surface area contributed by atoms with E-state index in [0.29, 0.717) is 12.3 Å². The van der Waals surface area contributed by atoms with Crippen LogP contribution in [0.3, 0.4) is 0 Å². The van der Waals surface area contributed by atoms with Crippen molar-refractivity contribution in [3.05, 3.63) is 35.4 Å². The predicted octanol–water partition coefficient (Wildman–Crippen LogP) is 3.34. The SMILES string of the molecule is CCc1ccc(C2CCN(CCC#N)CC2)cc1. The van der Waals surface area contributed by atoms with Crippen LogP contribution in [0.4, 0.5) is 0 Å². The van der Waals surface area contributed by atoms with E-state index in [1.54, 1.807) is 0 Å². The van der Waals surface area contributed by atoms with Crippen LogP contribution in [0.25, 0.3) is 0 Å². The summed E-state index contributed by atoms with van der Waals surface area (Å²) in [7, 11) is 0. The van der Waals surface area contributed by atoms with Crippen molar-refractivity contribution in [2.24, 2.45) is 0 Å². The van der Waals surface area contributed by atoms with Gasteiger partial charge in [0, 0.05) is 13.0 Å². The van der Waals surface area contributed by atoms with Gasteiger partial charge in [-0.2, -0.15) is 5.26 Å². The number of benzene rings is 1. The van der Waals surface area contributed by atoms with Gasteiger partial charge in [-0.05, 0) is 49.4 Å². The predicted molar refractivity (Wildman–Crippen MR) is 74.5 cm³/mol. The number of nitrogens with zero attached hydrogens (tertiary/aromatic N) is 2. The fourth-order valence-electron chi connectivity index (χ4n) is 2.72. The average Bonchev–Trinajstić information content (AvgIpc) is 2.46. The summed E-state index contributed by atoms with van der Waals surface area (Å²) < 4.78 is 0. The van der Waals surface area contributed by atoms with Gasteiger partial charge in [0.05, 0.1) is 6.07 Å². The summed E-state index contributed by atoms with van der Waals surface area (Å²) in [5, 5.41) is 8.60. The first-order valence-electron chi connectivity index (χ1n) is 7.01. The summed E-state index contributed by atoms with van der Waals surface area (Å²) in [6.07, 6.45) is 4.25. The fourth-order valence-corrected chi connectivity index (χ4v) is 2.72. The van der Waals surface area contributed by atoms with E-state index in [2.05, 4.69) is 42.2 Å². The molecule has 0 unspecified atom stereocenters. The van der Waals surface area contributed by atoms with E-state index in [9.17, 15) is 0 Å². The number of hydrogen-bond acceptors (Lipinski definition) is 2. The number of nitriles is 1. The Labute approximate surface area is 110 Å². The average molecular weight is 242 g/mol. The molecular formula is C16H22N2. The Balaban J connectivity index is 1.87. The Bertz CT molecular complexity index is 394. The molecule has 1 aromatic carbocycles. The highest BCUT2D eigenvalue weighted by molar-refractivity contribution is 5.25. The van der Waals surface area contributed by atoms with E-state index in [1.165, 1.54) is 24.0 Å². The molecule has 0 amide bonds. The van der Waals surface area contributed by atoms with Crippen molar-refractivity contribution in [3.8, 4) is 6.07 Å². The molecule has 1 saturated heterocycles. The first-order valence-corrected chi connectivity index (χ1v) is 7.01. The largest absolute Gasteiger partial charge is 0.302 e. The van der Waals surface area contributed by atoms with E-state index < -0.39 is 0 Å². The minimum Gasteiger partial charge on any atom is -0.302 e. The van der Waals surface area contributed by atoms with Crippen molar-refractivity contribution in [1.29, 1.82) is 5.26 Å². The molecule has 0 saturated carbocycles. The lowest BCUT2D eigenvalue weighted by molar-refractivity contribution is 0.216. The monoisotopic (exact) mass is 242 g/mol. The zero-order chi connectivity index (χ0) is 12.8. The van der Waals surface area contributed by atoms with Crippen molar-refractivity contribution in [2.75, 3.05) is 19.6 Å². The lowest BCUT2D eigenvalue weighted by atomic mass is 9.89. The highest BCUT2D eigenvalue weighted by atomic mass is 15.1. The Morgan fingerprint density at radius 2 is 1.89 bits per heavy atom. The van der Waals surface area contributed by atoms with Gasteiger partial charge in [0.1, 0.15) is 0 Å². The molecule has 2 nitrogen and oxygen atoms in total. The van der Waals surface area contributed by atoms with Crippen LogP contribution >= 0.6 is 0 Å². The molecule has 0 spiro atoms. The summed E-state index contributed by atoms with van der Waals surface area (Å²) in [4.78, 5) is 2.42. The summed E-state index contributed by atoms with van der Waals surface area (Å²) in [6, 6.07) is 11.4. The lowest BCUT2D eigenvalue weighted by Gasteiger charge is -2.31. The smallest absolute Gasteiger partial charge is 0.0635 e. The minimum absolute atomic E-state index is 0.663. The molecule has 18 heavy (non-hydrogen) atoms. The minimum atomic E-state index is 0.663. The number of likely N-dealkylation sites (tertiary alicyclic amines) is 1. The maximum atomic E-state index is 8.60. The van der Waals surface area contributed by atoms with E-state index in [1.807, 2.05) is 0 Å². The Morgan fingerprint density at radius 1 is 1.22 bits per heavy atom. The molecule has 1 heterocycles. The Kier molecular flexibility index (Phi) is 4.78. The van der Waals surface area contributed by atoms with Crippen LogP contribution in [0, 0.1) is 11.3 Å². The molecule has 1 aliphatic rings. The van der Waals surface area contributed by atoms with E-state index in [0.717, 1.165) is 26.1 Å².